The summed E-state index contributed by atoms with van der Waals surface area (Å²) in [6.45, 7) is 0.418. The predicted molar refractivity (Wildman–Crippen MR) is 94.0 cm³/mol. The van der Waals surface area contributed by atoms with E-state index in [4.69, 9.17) is 0 Å². The fraction of sp³-hybridized carbons (Fsp3) is 0.263. The number of carbonyl (C=O) groups is 2. The summed E-state index contributed by atoms with van der Waals surface area (Å²) in [6, 6.07) is 12.5. The van der Waals surface area contributed by atoms with Crippen LogP contribution in [0.3, 0.4) is 0 Å². The van der Waals surface area contributed by atoms with Gasteiger partial charge in [0.05, 0.1) is 23.7 Å². The van der Waals surface area contributed by atoms with Crippen LogP contribution in [-0.2, 0) is 11.0 Å². The average molecular weight is 377 g/mol. The smallest absolute Gasteiger partial charge is 0.354 e. The largest absolute Gasteiger partial charge is 0.418 e. The van der Waals surface area contributed by atoms with Gasteiger partial charge in [0.1, 0.15) is 0 Å². The molecule has 1 atom stereocenters. The number of hydrogen-bond donors (Lipinski definition) is 2. The summed E-state index contributed by atoms with van der Waals surface area (Å²) in [5.41, 5.74) is -0.488. The van der Waals surface area contributed by atoms with E-state index in [-0.39, 0.29) is 31.1 Å². The summed E-state index contributed by atoms with van der Waals surface area (Å²) in [7, 11) is 0. The first kappa shape index (κ1) is 18.8. The normalized spacial score (nSPS) is 17.8. The lowest BCUT2D eigenvalue weighted by Gasteiger charge is -2.30. The molecule has 5 nitrogen and oxygen atoms in total. The number of urea groups is 1. The summed E-state index contributed by atoms with van der Waals surface area (Å²) in [5.74, 6) is -0.213. The highest BCUT2D eigenvalue weighted by Crippen LogP contribution is 2.35. The van der Waals surface area contributed by atoms with E-state index in [1.165, 1.54) is 23.1 Å². The molecular formula is C19H18F3N3O2. The molecule has 142 valence electrons. The summed E-state index contributed by atoms with van der Waals surface area (Å²) >= 11 is 0. The van der Waals surface area contributed by atoms with E-state index in [1.54, 1.807) is 24.3 Å². The molecule has 1 aliphatic rings. The molecule has 1 heterocycles. The van der Waals surface area contributed by atoms with Crippen LogP contribution in [0.1, 0.15) is 23.6 Å². The highest BCUT2D eigenvalue weighted by Gasteiger charge is 2.35. The van der Waals surface area contributed by atoms with Crippen molar-refractivity contribution in [2.24, 2.45) is 0 Å². The lowest BCUT2D eigenvalue weighted by molar-refractivity contribution is -0.137. The van der Waals surface area contributed by atoms with Gasteiger partial charge in [-0.3, -0.25) is 4.79 Å². The molecule has 2 aromatic carbocycles. The van der Waals surface area contributed by atoms with Crippen LogP contribution in [0.2, 0.25) is 0 Å². The minimum atomic E-state index is -4.58. The van der Waals surface area contributed by atoms with Gasteiger partial charge >= 0.3 is 12.2 Å². The Balaban J connectivity index is 1.89. The molecule has 3 rings (SSSR count). The van der Waals surface area contributed by atoms with Crippen molar-refractivity contribution in [3.05, 3.63) is 65.7 Å². The Morgan fingerprint density at radius 1 is 1.07 bits per heavy atom. The third kappa shape index (κ3) is 4.39. The van der Waals surface area contributed by atoms with Crippen molar-refractivity contribution in [1.29, 1.82) is 0 Å². The Hall–Kier alpha value is -3.03. The molecule has 0 saturated carbocycles. The Morgan fingerprint density at radius 2 is 1.74 bits per heavy atom. The molecule has 0 bridgehead atoms. The molecular weight excluding hydrogens is 359 g/mol. The number of amides is 3. The van der Waals surface area contributed by atoms with Crippen LogP contribution in [0.4, 0.5) is 23.7 Å². The van der Waals surface area contributed by atoms with E-state index in [2.05, 4.69) is 10.6 Å². The summed E-state index contributed by atoms with van der Waals surface area (Å²) in [6.07, 6.45) is -4.54. The second-order valence-corrected chi connectivity index (χ2v) is 6.15. The van der Waals surface area contributed by atoms with Gasteiger partial charge in [-0.2, -0.15) is 13.2 Å². The summed E-state index contributed by atoms with van der Waals surface area (Å²) in [5, 5.41) is 5.05. The van der Waals surface area contributed by atoms with Crippen LogP contribution in [0.15, 0.2) is 54.6 Å². The average Bonchev–Trinajstić information content (AvgIpc) is 2.83. The quantitative estimate of drug-likeness (QED) is 0.836. The first-order chi connectivity index (χ1) is 12.9. The van der Waals surface area contributed by atoms with Crippen molar-refractivity contribution in [2.75, 3.05) is 18.4 Å². The Labute approximate surface area is 154 Å². The summed E-state index contributed by atoms with van der Waals surface area (Å²) in [4.78, 5) is 26.1. The third-order valence-electron chi connectivity index (χ3n) is 4.35. The Kier molecular flexibility index (Phi) is 5.34. The molecule has 0 aromatic heterocycles. The number of hydrogen-bond acceptors (Lipinski definition) is 2. The number of nitrogens with zero attached hydrogens (tertiary/aromatic N) is 1. The lowest BCUT2D eigenvalue weighted by atomic mass is 10.0. The van der Waals surface area contributed by atoms with Gasteiger partial charge in [-0.25, -0.2) is 4.79 Å². The predicted octanol–water partition coefficient (Wildman–Crippen LogP) is 3.80. The van der Waals surface area contributed by atoms with Crippen LogP contribution in [0, 0.1) is 0 Å². The van der Waals surface area contributed by atoms with E-state index in [0.717, 1.165) is 11.6 Å². The molecule has 3 amide bonds. The molecule has 27 heavy (non-hydrogen) atoms. The maximum atomic E-state index is 13.2. The maximum Gasteiger partial charge on any atom is 0.418 e. The number of benzene rings is 2. The topological polar surface area (TPSA) is 61.4 Å². The van der Waals surface area contributed by atoms with Crippen molar-refractivity contribution in [3.8, 4) is 0 Å². The van der Waals surface area contributed by atoms with Crippen molar-refractivity contribution in [2.45, 2.75) is 18.6 Å². The lowest BCUT2D eigenvalue weighted by Crippen LogP contribution is -2.39. The maximum absolute atomic E-state index is 13.2. The number of alkyl halides is 3. The zero-order valence-corrected chi connectivity index (χ0v) is 14.3. The van der Waals surface area contributed by atoms with E-state index in [9.17, 15) is 22.8 Å². The van der Waals surface area contributed by atoms with Gasteiger partial charge in [0.2, 0.25) is 5.91 Å². The molecule has 1 fully saturated rings. The standard InChI is InChI=1S/C19H18F3N3O2/c20-19(21,22)14-8-4-5-9-15(14)24-18(27)25-11-10-23-17(26)12-16(25)13-6-2-1-3-7-13/h1-9,16H,10-12H2,(H,23,26)(H,24,27)/t16-/m0/s1. The van der Waals surface area contributed by atoms with Gasteiger partial charge in [-0.1, -0.05) is 42.5 Å². The van der Waals surface area contributed by atoms with Crippen LogP contribution in [0.25, 0.3) is 0 Å². The monoisotopic (exact) mass is 377 g/mol. The van der Waals surface area contributed by atoms with Crippen LogP contribution < -0.4 is 10.6 Å². The van der Waals surface area contributed by atoms with Crippen molar-refractivity contribution < 1.29 is 22.8 Å². The number of carbonyl (C=O) groups excluding carboxylic acids is 2. The second kappa shape index (κ2) is 7.69. The molecule has 0 radical (unpaired) electrons. The molecule has 1 aliphatic heterocycles. The number of nitrogens with one attached hydrogen (secondary N) is 2. The molecule has 0 spiro atoms. The highest BCUT2D eigenvalue weighted by molar-refractivity contribution is 5.91. The number of halogens is 3. The minimum absolute atomic E-state index is 0.0400. The number of para-hydroxylation sites is 1. The molecule has 2 N–H and O–H groups in total. The van der Waals surface area contributed by atoms with E-state index < -0.39 is 23.8 Å². The third-order valence-corrected chi connectivity index (χ3v) is 4.35. The van der Waals surface area contributed by atoms with E-state index in [0.29, 0.717) is 0 Å². The van der Waals surface area contributed by atoms with Crippen molar-refractivity contribution >= 4 is 17.6 Å². The van der Waals surface area contributed by atoms with Gasteiger partial charge in [-0.05, 0) is 17.7 Å². The molecule has 0 unspecified atom stereocenters. The van der Waals surface area contributed by atoms with Gasteiger partial charge in [0.15, 0.2) is 0 Å². The minimum Gasteiger partial charge on any atom is -0.354 e. The second-order valence-electron chi connectivity index (χ2n) is 6.15. The van der Waals surface area contributed by atoms with Gasteiger partial charge in [0.25, 0.3) is 0 Å². The van der Waals surface area contributed by atoms with Crippen LogP contribution in [-0.4, -0.2) is 29.9 Å². The SMILES string of the molecule is O=C1C[C@@H](c2ccccc2)N(C(=O)Nc2ccccc2C(F)(F)F)CCN1. The Morgan fingerprint density at radius 3 is 2.44 bits per heavy atom. The van der Waals surface area contributed by atoms with Crippen LogP contribution in [0.5, 0.6) is 0 Å². The van der Waals surface area contributed by atoms with Crippen molar-refractivity contribution in [1.82, 2.24) is 10.2 Å². The molecule has 0 aliphatic carbocycles. The first-order valence-corrected chi connectivity index (χ1v) is 8.42. The van der Waals surface area contributed by atoms with Crippen LogP contribution >= 0.6 is 0 Å². The van der Waals surface area contributed by atoms with E-state index in [1.807, 2.05) is 6.07 Å². The number of rotatable bonds is 2. The highest BCUT2D eigenvalue weighted by atomic mass is 19.4. The zero-order valence-electron chi connectivity index (χ0n) is 14.3. The number of anilines is 1. The molecule has 2 aromatic rings. The first-order valence-electron chi connectivity index (χ1n) is 8.42. The fourth-order valence-corrected chi connectivity index (χ4v) is 3.07. The van der Waals surface area contributed by atoms with Crippen molar-refractivity contribution in [3.63, 3.8) is 0 Å². The van der Waals surface area contributed by atoms with Gasteiger partial charge in [0, 0.05) is 13.1 Å². The molecule has 8 heteroatoms. The fourth-order valence-electron chi connectivity index (χ4n) is 3.07. The van der Waals surface area contributed by atoms with E-state index >= 15 is 0 Å². The van der Waals surface area contributed by atoms with Gasteiger partial charge in [-0.15, -0.1) is 0 Å². The zero-order chi connectivity index (χ0) is 19.4. The van der Waals surface area contributed by atoms with Gasteiger partial charge < -0.3 is 15.5 Å². The molecule has 1 saturated heterocycles. The Bertz CT molecular complexity index is 824. The summed E-state index contributed by atoms with van der Waals surface area (Å²) < 4.78 is 39.5.